The normalized spacial score (nSPS) is 12.5. The number of fused-ring (bicyclic) bond motifs is 1. The lowest BCUT2D eigenvalue weighted by atomic mass is 10.3. The predicted molar refractivity (Wildman–Crippen MR) is 59.4 cm³/mol. The molecule has 1 unspecified atom stereocenters. The first kappa shape index (κ1) is 9.87. The number of anilines is 1. The molecule has 0 saturated heterocycles. The number of hydrogen-bond donors (Lipinski definition) is 1. The second kappa shape index (κ2) is 3.83. The summed E-state index contributed by atoms with van der Waals surface area (Å²) in [6.45, 7) is 1.80. The van der Waals surface area contributed by atoms with Gasteiger partial charge in [-0.25, -0.2) is 4.98 Å². The number of aromatic nitrogens is 1. The van der Waals surface area contributed by atoms with Crippen molar-refractivity contribution >= 4 is 28.5 Å². The number of oxazole rings is 1. The van der Waals surface area contributed by atoms with Crippen molar-refractivity contribution in [2.24, 2.45) is 0 Å². The van der Waals surface area contributed by atoms with Gasteiger partial charge in [0, 0.05) is 11.8 Å². The molecule has 76 valence electrons. The highest BCUT2D eigenvalue weighted by atomic mass is 32.2. The van der Waals surface area contributed by atoms with Gasteiger partial charge in [0.15, 0.2) is 5.58 Å². The Balaban J connectivity index is 2.35. The zero-order valence-corrected chi connectivity index (χ0v) is 8.91. The van der Waals surface area contributed by atoms with E-state index in [2.05, 4.69) is 11.1 Å². The fourth-order valence-corrected chi connectivity index (χ4v) is 1.79. The Hall–Kier alpha value is -1.67. The van der Waals surface area contributed by atoms with E-state index in [-0.39, 0.29) is 5.25 Å². The van der Waals surface area contributed by atoms with E-state index in [4.69, 9.17) is 15.4 Å². The molecule has 0 spiro atoms. The molecule has 2 aromatic rings. The van der Waals surface area contributed by atoms with E-state index in [1.807, 2.05) is 0 Å². The monoisotopic (exact) mass is 219 g/mol. The van der Waals surface area contributed by atoms with Gasteiger partial charge in [-0.1, -0.05) is 0 Å². The fourth-order valence-electron chi connectivity index (χ4n) is 1.15. The highest BCUT2D eigenvalue weighted by Crippen LogP contribution is 2.27. The summed E-state index contributed by atoms with van der Waals surface area (Å²) in [6, 6.07) is 7.40. The van der Waals surface area contributed by atoms with Gasteiger partial charge < -0.3 is 10.2 Å². The largest absolute Gasteiger partial charge is 0.431 e. The van der Waals surface area contributed by atoms with Gasteiger partial charge in [0.05, 0.1) is 11.3 Å². The van der Waals surface area contributed by atoms with E-state index in [0.717, 1.165) is 5.52 Å². The third-order valence-corrected chi connectivity index (χ3v) is 2.69. The highest BCUT2D eigenvalue weighted by molar-refractivity contribution is 7.99. The lowest BCUT2D eigenvalue weighted by Gasteiger charge is -1.93. The number of nitrogens with zero attached hydrogens (tertiary/aromatic N) is 2. The first-order valence-corrected chi connectivity index (χ1v) is 5.29. The van der Waals surface area contributed by atoms with Crippen molar-refractivity contribution in [2.45, 2.75) is 17.4 Å². The van der Waals surface area contributed by atoms with Crippen molar-refractivity contribution < 1.29 is 4.42 Å². The van der Waals surface area contributed by atoms with Crippen molar-refractivity contribution in [3.8, 4) is 6.07 Å². The number of nitrogens with two attached hydrogens (primary N) is 1. The second-order valence-corrected chi connectivity index (χ2v) is 4.39. The minimum absolute atomic E-state index is 0.171. The van der Waals surface area contributed by atoms with Crippen LogP contribution in [0.2, 0.25) is 0 Å². The molecule has 4 nitrogen and oxygen atoms in total. The van der Waals surface area contributed by atoms with Crippen molar-refractivity contribution in [2.75, 3.05) is 5.73 Å². The molecule has 2 N–H and O–H groups in total. The molecular weight excluding hydrogens is 210 g/mol. The Morgan fingerprint density at radius 2 is 2.40 bits per heavy atom. The molecule has 0 saturated carbocycles. The quantitative estimate of drug-likeness (QED) is 0.620. The fraction of sp³-hybridized carbons (Fsp3) is 0.200. The standard InChI is InChI=1S/C10H9N3OS/c1-6(5-11)15-10-13-8-3-2-7(12)4-9(8)14-10/h2-4,6H,12H2,1H3. The molecule has 0 aliphatic heterocycles. The summed E-state index contributed by atoms with van der Waals surface area (Å²) >= 11 is 1.30. The zero-order valence-electron chi connectivity index (χ0n) is 8.10. The zero-order chi connectivity index (χ0) is 10.8. The molecule has 0 fully saturated rings. The minimum atomic E-state index is -0.171. The summed E-state index contributed by atoms with van der Waals surface area (Å²) in [5.41, 5.74) is 7.67. The molecule has 1 aromatic carbocycles. The summed E-state index contributed by atoms with van der Waals surface area (Å²) in [5, 5.41) is 8.99. The molecular formula is C10H9N3OS. The van der Waals surface area contributed by atoms with Crippen LogP contribution in [0.4, 0.5) is 5.69 Å². The average molecular weight is 219 g/mol. The highest BCUT2D eigenvalue weighted by Gasteiger charge is 2.10. The smallest absolute Gasteiger partial charge is 0.258 e. The molecule has 1 heterocycles. The third-order valence-electron chi connectivity index (χ3n) is 1.85. The van der Waals surface area contributed by atoms with Gasteiger partial charge >= 0.3 is 0 Å². The van der Waals surface area contributed by atoms with Crippen LogP contribution in [0.25, 0.3) is 11.1 Å². The van der Waals surface area contributed by atoms with Crippen molar-refractivity contribution in [3.63, 3.8) is 0 Å². The molecule has 0 amide bonds. The van der Waals surface area contributed by atoms with Crippen LogP contribution < -0.4 is 5.73 Å². The number of nitriles is 1. The van der Waals surface area contributed by atoms with Gasteiger partial charge in [-0.3, -0.25) is 0 Å². The van der Waals surface area contributed by atoms with Crippen LogP contribution in [0.1, 0.15) is 6.92 Å². The Bertz CT molecular complexity index is 529. The van der Waals surface area contributed by atoms with Gasteiger partial charge in [-0.2, -0.15) is 5.26 Å². The molecule has 1 aromatic heterocycles. The molecule has 1 atom stereocenters. The van der Waals surface area contributed by atoms with Crippen LogP contribution in [0.15, 0.2) is 27.8 Å². The maximum Gasteiger partial charge on any atom is 0.258 e. The Morgan fingerprint density at radius 3 is 3.13 bits per heavy atom. The third kappa shape index (κ3) is 2.05. The Kier molecular flexibility index (Phi) is 2.52. The van der Waals surface area contributed by atoms with Crippen molar-refractivity contribution in [1.82, 2.24) is 4.98 Å². The first-order chi connectivity index (χ1) is 7.19. The molecule has 0 aliphatic rings. The minimum Gasteiger partial charge on any atom is -0.431 e. The summed E-state index contributed by atoms with van der Waals surface area (Å²) < 4.78 is 5.44. The lowest BCUT2D eigenvalue weighted by Crippen LogP contribution is -1.88. The lowest BCUT2D eigenvalue weighted by molar-refractivity contribution is 0.489. The Labute approximate surface area is 91.1 Å². The Morgan fingerprint density at radius 1 is 1.60 bits per heavy atom. The number of rotatable bonds is 2. The van der Waals surface area contributed by atoms with Crippen LogP contribution in [0, 0.1) is 11.3 Å². The molecule has 0 bridgehead atoms. The van der Waals surface area contributed by atoms with Crippen LogP contribution >= 0.6 is 11.8 Å². The molecule has 15 heavy (non-hydrogen) atoms. The number of thioether (sulfide) groups is 1. The summed E-state index contributed by atoms with van der Waals surface area (Å²) in [4.78, 5) is 4.23. The molecule has 0 aliphatic carbocycles. The van der Waals surface area contributed by atoms with E-state index in [0.29, 0.717) is 16.5 Å². The van der Waals surface area contributed by atoms with Crippen LogP contribution in [0.5, 0.6) is 0 Å². The van der Waals surface area contributed by atoms with Gasteiger partial charge in [-0.05, 0) is 30.8 Å². The van der Waals surface area contributed by atoms with E-state index < -0.39 is 0 Å². The van der Waals surface area contributed by atoms with Gasteiger partial charge in [0.2, 0.25) is 0 Å². The van der Waals surface area contributed by atoms with Crippen LogP contribution in [-0.2, 0) is 0 Å². The predicted octanol–water partition coefficient (Wildman–Crippen LogP) is 2.41. The first-order valence-electron chi connectivity index (χ1n) is 4.41. The SMILES string of the molecule is CC(C#N)Sc1nc2ccc(N)cc2o1. The maximum atomic E-state index is 8.65. The summed E-state index contributed by atoms with van der Waals surface area (Å²) in [6.07, 6.45) is 0. The second-order valence-electron chi connectivity index (χ2n) is 3.10. The molecule has 2 rings (SSSR count). The van der Waals surface area contributed by atoms with Crippen molar-refractivity contribution in [1.29, 1.82) is 5.26 Å². The van der Waals surface area contributed by atoms with E-state index in [1.54, 1.807) is 25.1 Å². The van der Waals surface area contributed by atoms with E-state index >= 15 is 0 Å². The van der Waals surface area contributed by atoms with Gasteiger partial charge in [-0.15, -0.1) is 0 Å². The summed E-state index contributed by atoms with van der Waals surface area (Å²) in [7, 11) is 0. The van der Waals surface area contributed by atoms with Gasteiger partial charge in [0.1, 0.15) is 5.52 Å². The topological polar surface area (TPSA) is 75.8 Å². The molecule has 0 radical (unpaired) electrons. The van der Waals surface area contributed by atoms with Crippen LogP contribution in [0.3, 0.4) is 0 Å². The number of nitrogen functional groups attached to an aromatic ring is 1. The maximum absolute atomic E-state index is 8.65. The van der Waals surface area contributed by atoms with Gasteiger partial charge in [0.25, 0.3) is 5.22 Å². The average Bonchev–Trinajstić information content (AvgIpc) is 2.59. The number of benzene rings is 1. The van der Waals surface area contributed by atoms with Crippen molar-refractivity contribution in [3.05, 3.63) is 18.2 Å². The summed E-state index contributed by atoms with van der Waals surface area (Å²) in [5.74, 6) is 0. The molecule has 5 heteroatoms. The van der Waals surface area contributed by atoms with E-state index in [9.17, 15) is 0 Å². The van der Waals surface area contributed by atoms with E-state index in [1.165, 1.54) is 11.8 Å². The van der Waals surface area contributed by atoms with Crippen LogP contribution in [-0.4, -0.2) is 10.2 Å². The number of hydrogen-bond acceptors (Lipinski definition) is 5.